The molecule has 2 heterocycles. The van der Waals surface area contributed by atoms with Gasteiger partial charge in [0.2, 0.25) is 0 Å². The molecule has 106 valence electrons. The van der Waals surface area contributed by atoms with Crippen LogP contribution in [0.25, 0.3) is 22.6 Å². The number of aryl methyl sites for hydroxylation is 1. The molecular formula is C17H17N3O. The molecule has 4 nitrogen and oxygen atoms in total. The maximum Gasteiger partial charge on any atom is 0.197 e. The van der Waals surface area contributed by atoms with Gasteiger partial charge in [0, 0.05) is 23.7 Å². The molecule has 0 fully saturated rings. The van der Waals surface area contributed by atoms with Gasteiger partial charge < -0.3 is 9.73 Å². The Hall–Kier alpha value is -2.36. The van der Waals surface area contributed by atoms with E-state index in [1.54, 1.807) is 0 Å². The van der Waals surface area contributed by atoms with Gasteiger partial charge in [-0.2, -0.15) is 0 Å². The van der Waals surface area contributed by atoms with Crippen LogP contribution in [0, 0.1) is 0 Å². The Morgan fingerprint density at radius 2 is 1.95 bits per heavy atom. The highest BCUT2D eigenvalue weighted by Crippen LogP contribution is 2.30. The predicted molar refractivity (Wildman–Crippen MR) is 83.4 cm³/mol. The Morgan fingerprint density at radius 3 is 2.81 bits per heavy atom. The lowest BCUT2D eigenvalue weighted by Crippen LogP contribution is -2.11. The summed E-state index contributed by atoms with van der Waals surface area (Å²) in [5.41, 5.74) is 3.31. The van der Waals surface area contributed by atoms with Crippen molar-refractivity contribution < 1.29 is 4.42 Å². The minimum absolute atomic E-state index is 0.677. The number of rotatable bonds is 2. The van der Waals surface area contributed by atoms with Gasteiger partial charge in [0.15, 0.2) is 11.6 Å². The van der Waals surface area contributed by atoms with Gasteiger partial charge in [0.1, 0.15) is 11.4 Å². The molecular weight excluding hydrogens is 262 g/mol. The number of nitrogens with zero attached hydrogens (tertiary/aromatic N) is 2. The van der Waals surface area contributed by atoms with Gasteiger partial charge in [-0.1, -0.05) is 18.2 Å². The zero-order valence-corrected chi connectivity index (χ0v) is 12.0. The van der Waals surface area contributed by atoms with E-state index in [2.05, 4.69) is 10.3 Å². The molecule has 1 aliphatic carbocycles. The van der Waals surface area contributed by atoms with Gasteiger partial charge in [-0.05, 0) is 37.8 Å². The number of hydrogen-bond acceptors (Lipinski definition) is 4. The monoisotopic (exact) mass is 279 g/mol. The zero-order valence-electron chi connectivity index (χ0n) is 12.0. The van der Waals surface area contributed by atoms with Crippen molar-refractivity contribution in [3.63, 3.8) is 0 Å². The summed E-state index contributed by atoms with van der Waals surface area (Å²) in [6, 6.07) is 10.0. The SMILES string of the molecule is CNc1nc(-c2cc3ccccc3o2)nc2c1CCCC2. The summed E-state index contributed by atoms with van der Waals surface area (Å²) in [4.78, 5) is 9.40. The second-order valence-electron chi connectivity index (χ2n) is 5.43. The summed E-state index contributed by atoms with van der Waals surface area (Å²) < 4.78 is 5.89. The second-order valence-corrected chi connectivity index (χ2v) is 5.43. The van der Waals surface area contributed by atoms with E-state index in [9.17, 15) is 0 Å². The lowest BCUT2D eigenvalue weighted by molar-refractivity contribution is 0.619. The maximum atomic E-state index is 5.89. The molecule has 1 aromatic carbocycles. The molecule has 0 aliphatic heterocycles. The largest absolute Gasteiger partial charge is 0.453 e. The van der Waals surface area contributed by atoms with Gasteiger partial charge in [0.25, 0.3) is 0 Å². The lowest BCUT2D eigenvalue weighted by Gasteiger charge is -2.18. The number of anilines is 1. The van der Waals surface area contributed by atoms with Crippen LogP contribution in [-0.2, 0) is 12.8 Å². The van der Waals surface area contributed by atoms with Crippen LogP contribution in [0.5, 0.6) is 0 Å². The molecule has 0 spiro atoms. The highest BCUT2D eigenvalue weighted by atomic mass is 16.3. The fraction of sp³-hybridized carbons (Fsp3) is 0.294. The van der Waals surface area contributed by atoms with Gasteiger partial charge in [-0.25, -0.2) is 9.97 Å². The Labute approximate surface area is 123 Å². The van der Waals surface area contributed by atoms with E-state index in [1.165, 1.54) is 18.4 Å². The fourth-order valence-electron chi connectivity index (χ4n) is 3.00. The van der Waals surface area contributed by atoms with Crippen molar-refractivity contribution in [1.29, 1.82) is 0 Å². The Bertz CT molecular complexity index is 757. The minimum Gasteiger partial charge on any atom is -0.453 e. The first kappa shape index (κ1) is 12.4. The van der Waals surface area contributed by atoms with Crippen molar-refractivity contribution in [1.82, 2.24) is 9.97 Å². The third kappa shape index (κ3) is 2.07. The summed E-state index contributed by atoms with van der Waals surface area (Å²) >= 11 is 0. The van der Waals surface area contributed by atoms with Crippen molar-refractivity contribution in [2.75, 3.05) is 12.4 Å². The lowest BCUT2D eigenvalue weighted by atomic mass is 9.96. The highest BCUT2D eigenvalue weighted by molar-refractivity contribution is 5.81. The van der Waals surface area contributed by atoms with E-state index in [4.69, 9.17) is 9.40 Å². The number of furan rings is 1. The smallest absolute Gasteiger partial charge is 0.197 e. The number of nitrogens with one attached hydrogen (secondary N) is 1. The fourth-order valence-corrected chi connectivity index (χ4v) is 3.00. The van der Waals surface area contributed by atoms with E-state index < -0.39 is 0 Å². The highest BCUT2D eigenvalue weighted by Gasteiger charge is 2.19. The van der Waals surface area contributed by atoms with E-state index in [1.807, 2.05) is 37.4 Å². The summed E-state index contributed by atoms with van der Waals surface area (Å²) in [5.74, 6) is 2.35. The first-order valence-electron chi connectivity index (χ1n) is 7.41. The number of fused-ring (bicyclic) bond motifs is 2. The van der Waals surface area contributed by atoms with Crippen molar-refractivity contribution in [3.8, 4) is 11.6 Å². The molecule has 0 saturated heterocycles. The minimum atomic E-state index is 0.677. The van der Waals surface area contributed by atoms with E-state index >= 15 is 0 Å². The molecule has 4 rings (SSSR count). The molecule has 0 unspecified atom stereocenters. The molecule has 0 saturated carbocycles. The predicted octanol–water partition coefficient (Wildman–Crippen LogP) is 3.81. The van der Waals surface area contributed by atoms with E-state index in [-0.39, 0.29) is 0 Å². The molecule has 1 aliphatic rings. The van der Waals surface area contributed by atoms with Crippen molar-refractivity contribution in [2.45, 2.75) is 25.7 Å². The van der Waals surface area contributed by atoms with Crippen molar-refractivity contribution in [2.24, 2.45) is 0 Å². The van der Waals surface area contributed by atoms with Gasteiger partial charge >= 0.3 is 0 Å². The molecule has 21 heavy (non-hydrogen) atoms. The zero-order chi connectivity index (χ0) is 14.2. The van der Waals surface area contributed by atoms with Crippen molar-refractivity contribution >= 4 is 16.8 Å². The van der Waals surface area contributed by atoms with Crippen LogP contribution in [0.4, 0.5) is 5.82 Å². The van der Waals surface area contributed by atoms with Gasteiger partial charge in [-0.15, -0.1) is 0 Å². The maximum absolute atomic E-state index is 5.89. The topological polar surface area (TPSA) is 51.0 Å². The van der Waals surface area contributed by atoms with Crippen LogP contribution < -0.4 is 5.32 Å². The molecule has 0 atom stereocenters. The standard InChI is InChI=1S/C17H17N3O/c1-18-16-12-7-3-4-8-13(12)19-17(20-16)15-10-11-6-2-5-9-14(11)21-15/h2,5-6,9-10H,3-4,7-8H2,1H3,(H,18,19,20). The normalized spacial score (nSPS) is 14.1. The number of aromatic nitrogens is 2. The van der Waals surface area contributed by atoms with Crippen LogP contribution >= 0.6 is 0 Å². The average Bonchev–Trinajstić information content (AvgIpc) is 2.98. The summed E-state index contributed by atoms with van der Waals surface area (Å²) in [7, 11) is 1.92. The van der Waals surface area contributed by atoms with E-state index in [0.717, 1.165) is 41.1 Å². The third-order valence-corrected chi connectivity index (χ3v) is 4.07. The molecule has 1 N–H and O–H groups in total. The number of para-hydroxylation sites is 1. The molecule has 3 aromatic rings. The quantitative estimate of drug-likeness (QED) is 0.775. The number of benzene rings is 1. The second kappa shape index (κ2) is 4.88. The van der Waals surface area contributed by atoms with Crippen LogP contribution in [0.3, 0.4) is 0 Å². The van der Waals surface area contributed by atoms with Gasteiger partial charge in [-0.3, -0.25) is 0 Å². The Kier molecular flexibility index (Phi) is 2.88. The molecule has 0 radical (unpaired) electrons. The van der Waals surface area contributed by atoms with E-state index in [0.29, 0.717) is 5.82 Å². The summed E-state index contributed by atoms with van der Waals surface area (Å²) in [6.45, 7) is 0. The van der Waals surface area contributed by atoms with Gasteiger partial charge in [0.05, 0.1) is 0 Å². The Balaban J connectivity index is 1.87. The first-order chi connectivity index (χ1) is 10.3. The molecule has 0 bridgehead atoms. The number of hydrogen-bond donors (Lipinski definition) is 1. The average molecular weight is 279 g/mol. The molecule has 0 amide bonds. The molecule has 4 heteroatoms. The van der Waals surface area contributed by atoms with Crippen LogP contribution in [-0.4, -0.2) is 17.0 Å². The summed E-state index contributed by atoms with van der Waals surface area (Å²) in [6.07, 6.45) is 4.51. The first-order valence-corrected chi connectivity index (χ1v) is 7.41. The van der Waals surface area contributed by atoms with Crippen LogP contribution in [0.2, 0.25) is 0 Å². The van der Waals surface area contributed by atoms with Crippen LogP contribution in [0.15, 0.2) is 34.7 Å². The summed E-state index contributed by atoms with van der Waals surface area (Å²) in [5, 5.41) is 4.29. The Morgan fingerprint density at radius 1 is 1.10 bits per heavy atom. The van der Waals surface area contributed by atoms with Crippen molar-refractivity contribution in [3.05, 3.63) is 41.6 Å². The third-order valence-electron chi connectivity index (χ3n) is 4.07. The van der Waals surface area contributed by atoms with Crippen LogP contribution in [0.1, 0.15) is 24.1 Å². The molecule has 2 aromatic heterocycles.